The molecule has 0 aliphatic rings. The fourth-order valence-electron chi connectivity index (χ4n) is 2.19. The average molecular weight is 361 g/mol. The number of amides is 1. The average Bonchev–Trinajstić information content (AvgIpc) is 2.61. The Balaban J connectivity index is 2.15. The Labute approximate surface area is 148 Å². The lowest BCUT2D eigenvalue weighted by Gasteiger charge is -2.15. The minimum absolute atomic E-state index is 0.0962. The van der Waals surface area contributed by atoms with Gasteiger partial charge in [-0.2, -0.15) is 0 Å². The molecule has 4 N–H and O–H groups in total. The third-order valence-electron chi connectivity index (χ3n) is 3.82. The van der Waals surface area contributed by atoms with E-state index in [1.165, 1.54) is 12.1 Å². The van der Waals surface area contributed by atoms with Crippen LogP contribution in [0.4, 0.5) is 5.69 Å². The first kappa shape index (κ1) is 19.1. The lowest BCUT2D eigenvalue weighted by atomic mass is 10.1. The summed E-state index contributed by atoms with van der Waals surface area (Å²) < 4.78 is 27.3. The van der Waals surface area contributed by atoms with E-state index in [-0.39, 0.29) is 10.9 Å². The molecule has 0 bridgehead atoms. The molecule has 2 rings (SSSR count). The quantitative estimate of drug-likeness (QED) is 0.705. The van der Waals surface area contributed by atoms with Gasteiger partial charge >= 0.3 is 0 Å². The normalized spacial score (nSPS) is 13.9. The second-order valence-electron chi connectivity index (χ2n) is 5.84. The Kier molecular flexibility index (Phi) is 6.30. The van der Waals surface area contributed by atoms with Crippen molar-refractivity contribution >= 4 is 21.6 Å². The van der Waals surface area contributed by atoms with E-state index in [1.54, 1.807) is 43.3 Å². The zero-order chi connectivity index (χ0) is 18.4. The monoisotopic (exact) mass is 361 g/mol. The van der Waals surface area contributed by atoms with E-state index >= 15 is 0 Å². The van der Waals surface area contributed by atoms with Crippen molar-refractivity contribution in [3.8, 4) is 0 Å². The van der Waals surface area contributed by atoms with Crippen molar-refractivity contribution in [2.24, 2.45) is 5.73 Å². The van der Waals surface area contributed by atoms with Crippen LogP contribution in [0.2, 0.25) is 0 Å². The highest BCUT2D eigenvalue weighted by atomic mass is 32.2. The van der Waals surface area contributed by atoms with Crippen molar-refractivity contribution in [2.75, 3.05) is 5.32 Å². The topological polar surface area (TPSA) is 101 Å². The number of carbonyl (C=O) groups is 1. The van der Waals surface area contributed by atoms with Crippen molar-refractivity contribution in [1.82, 2.24) is 4.72 Å². The molecule has 0 spiro atoms. The van der Waals surface area contributed by atoms with Crippen molar-refractivity contribution in [1.29, 1.82) is 0 Å². The standard InChI is InChI=1S/C18H23N3O3S/c1-3-13(2)21-25(23,24)16-11-7-10-15(12-16)20-18(22)17(19)14-8-5-4-6-9-14/h4-13,17,21H,3,19H2,1-2H3,(H,20,22). The highest BCUT2D eigenvalue weighted by molar-refractivity contribution is 7.89. The maximum Gasteiger partial charge on any atom is 0.245 e. The Bertz CT molecular complexity index is 822. The molecule has 2 aromatic rings. The van der Waals surface area contributed by atoms with Crippen LogP contribution < -0.4 is 15.8 Å². The predicted octanol–water partition coefficient (Wildman–Crippen LogP) is 2.40. The largest absolute Gasteiger partial charge is 0.324 e. The van der Waals surface area contributed by atoms with E-state index in [1.807, 2.05) is 13.0 Å². The molecule has 0 aliphatic carbocycles. The summed E-state index contributed by atoms with van der Waals surface area (Å²) in [7, 11) is -3.63. The molecule has 2 atom stereocenters. The Morgan fingerprint density at radius 2 is 1.80 bits per heavy atom. The molecule has 0 saturated carbocycles. The van der Waals surface area contributed by atoms with Crippen LogP contribution in [0.15, 0.2) is 59.5 Å². The number of rotatable bonds is 7. The molecule has 0 aliphatic heterocycles. The molecule has 0 saturated heterocycles. The van der Waals surface area contributed by atoms with Crippen LogP contribution in [0.1, 0.15) is 31.9 Å². The lowest BCUT2D eigenvalue weighted by molar-refractivity contribution is -0.117. The summed E-state index contributed by atoms with van der Waals surface area (Å²) in [6.07, 6.45) is 0.682. The fraction of sp³-hybridized carbons (Fsp3) is 0.278. The fourth-order valence-corrected chi connectivity index (χ4v) is 3.56. The van der Waals surface area contributed by atoms with Gasteiger partial charge in [-0.05, 0) is 37.1 Å². The van der Waals surface area contributed by atoms with Crippen LogP contribution in [0.25, 0.3) is 0 Å². The number of nitrogens with one attached hydrogen (secondary N) is 2. The maximum atomic E-state index is 12.3. The smallest absolute Gasteiger partial charge is 0.245 e. The minimum atomic E-state index is -3.63. The minimum Gasteiger partial charge on any atom is -0.324 e. The van der Waals surface area contributed by atoms with E-state index in [4.69, 9.17) is 5.73 Å². The Morgan fingerprint density at radius 1 is 1.12 bits per heavy atom. The van der Waals surface area contributed by atoms with Gasteiger partial charge in [0, 0.05) is 11.7 Å². The summed E-state index contributed by atoms with van der Waals surface area (Å²) in [5, 5.41) is 2.66. The summed E-state index contributed by atoms with van der Waals surface area (Å²) >= 11 is 0. The highest BCUT2D eigenvalue weighted by Gasteiger charge is 2.19. The predicted molar refractivity (Wildman–Crippen MR) is 98.5 cm³/mol. The molecule has 25 heavy (non-hydrogen) atoms. The van der Waals surface area contributed by atoms with Crippen LogP contribution in [-0.2, 0) is 14.8 Å². The van der Waals surface area contributed by atoms with Crippen molar-refractivity contribution < 1.29 is 13.2 Å². The zero-order valence-electron chi connectivity index (χ0n) is 14.3. The van der Waals surface area contributed by atoms with Gasteiger partial charge in [-0.1, -0.05) is 43.3 Å². The third-order valence-corrected chi connectivity index (χ3v) is 5.41. The third kappa shape index (κ3) is 5.12. The van der Waals surface area contributed by atoms with E-state index in [0.717, 1.165) is 0 Å². The van der Waals surface area contributed by atoms with Crippen molar-refractivity contribution in [2.45, 2.75) is 37.2 Å². The molecule has 2 unspecified atom stereocenters. The van der Waals surface area contributed by atoms with E-state index in [0.29, 0.717) is 17.7 Å². The molecule has 1 amide bonds. The van der Waals surface area contributed by atoms with E-state index in [9.17, 15) is 13.2 Å². The number of carbonyl (C=O) groups excluding carboxylic acids is 1. The van der Waals surface area contributed by atoms with Gasteiger partial charge in [0.2, 0.25) is 15.9 Å². The maximum absolute atomic E-state index is 12.3. The van der Waals surface area contributed by atoms with Gasteiger partial charge in [0.05, 0.1) is 4.90 Å². The van der Waals surface area contributed by atoms with E-state index < -0.39 is 22.0 Å². The molecule has 0 fully saturated rings. The first-order valence-corrected chi connectivity index (χ1v) is 9.55. The molecule has 2 aromatic carbocycles. The van der Waals surface area contributed by atoms with Crippen molar-refractivity contribution in [3.05, 3.63) is 60.2 Å². The highest BCUT2D eigenvalue weighted by Crippen LogP contribution is 2.18. The van der Waals surface area contributed by atoms with Crippen LogP contribution >= 0.6 is 0 Å². The Hall–Kier alpha value is -2.22. The molecule has 134 valence electrons. The van der Waals surface area contributed by atoms with Crippen LogP contribution in [0, 0.1) is 0 Å². The molecular formula is C18H23N3O3S. The Morgan fingerprint density at radius 3 is 2.44 bits per heavy atom. The molecule has 6 nitrogen and oxygen atoms in total. The van der Waals surface area contributed by atoms with Gasteiger partial charge in [-0.25, -0.2) is 13.1 Å². The number of nitrogens with two attached hydrogens (primary N) is 1. The first-order valence-electron chi connectivity index (χ1n) is 8.07. The van der Waals surface area contributed by atoms with Gasteiger partial charge in [0.1, 0.15) is 6.04 Å². The molecular weight excluding hydrogens is 338 g/mol. The first-order chi connectivity index (χ1) is 11.8. The molecule has 0 heterocycles. The van der Waals surface area contributed by atoms with E-state index in [2.05, 4.69) is 10.0 Å². The number of hydrogen-bond acceptors (Lipinski definition) is 4. The number of hydrogen-bond donors (Lipinski definition) is 3. The van der Waals surface area contributed by atoms with Crippen LogP contribution in [-0.4, -0.2) is 20.4 Å². The SMILES string of the molecule is CCC(C)NS(=O)(=O)c1cccc(NC(=O)C(N)c2ccccc2)c1. The molecule has 0 radical (unpaired) electrons. The number of anilines is 1. The second kappa shape index (κ2) is 8.24. The van der Waals surface area contributed by atoms with Gasteiger partial charge in [0.15, 0.2) is 0 Å². The van der Waals surface area contributed by atoms with Gasteiger partial charge < -0.3 is 11.1 Å². The zero-order valence-corrected chi connectivity index (χ0v) is 15.1. The van der Waals surface area contributed by atoms with Gasteiger partial charge in [-0.3, -0.25) is 4.79 Å². The summed E-state index contributed by atoms with van der Waals surface area (Å²) in [4.78, 5) is 12.4. The van der Waals surface area contributed by atoms with Gasteiger partial charge in [0.25, 0.3) is 0 Å². The summed E-state index contributed by atoms with van der Waals surface area (Å²) in [6, 6.07) is 14.1. The summed E-state index contributed by atoms with van der Waals surface area (Å²) in [6.45, 7) is 3.69. The number of benzene rings is 2. The van der Waals surface area contributed by atoms with Gasteiger partial charge in [-0.15, -0.1) is 0 Å². The van der Waals surface area contributed by atoms with Crippen LogP contribution in [0.3, 0.4) is 0 Å². The van der Waals surface area contributed by atoms with Crippen molar-refractivity contribution in [3.63, 3.8) is 0 Å². The second-order valence-corrected chi connectivity index (χ2v) is 7.55. The summed E-state index contributed by atoms with van der Waals surface area (Å²) in [5.41, 5.74) is 7.01. The molecule has 0 aromatic heterocycles. The summed E-state index contributed by atoms with van der Waals surface area (Å²) in [5.74, 6) is -0.407. The molecule has 7 heteroatoms. The lowest BCUT2D eigenvalue weighted by Crippen LogP contribution is -2.32. The number of sulfonamides is 1. The van der Waals surface area contributed by atoms with Crippen LogP contribution in [0.5, 0.6) is 0 Å².